The van der Waals surface area contributed by atoms with Gasteiger partial charge in [-0.05, 0) is 24.3 Å². The zero-order valence-corrected chi connectivity index (χ0v) is 16.8. The second-order valence-corrected chi connectivity index (χ2v) is 9.59. The van der Waals surface area contributed by atoms with Gasteiger partial charge in [0, 0.05) is 42.8 Å². The van der Waals surface area contributed by atoms with Gasteiger partial charge >= 0.3 is 0 Å². The third kappa shape index (κ3) is 2.74. The number of ketones is 2. The summed E-state index contributed by atoms with van der Waals surface area (Å²) in [6, 6.07) is 18.2. The summed E-state index contributed by atoms with van der Waals surface area (Å²) < 4.78 is 3.15. The molecule has 1 aromatic heterocycles. The van der Waals surface area contributed by atoms with Crippen molar-refractivity contribution in [3.63, 3.8) is 0 Å². The smallest absolute Gasteiger partial charge is 0.195 e. The van der Waals surface area contributed by atoms with Crippen LogP contribution >= 0.6 is 34.9 Å². The highest BCUT2D eigenvalue weighted by molar-refractivity contribution is 7.77. The van der Waals surface area contributed by atoms with Gasteiger partial charge in [0.05, 0.1) is 0 Å². The Hall–Kier alpha value is -2.91. The average molecular weight is 415 g/mol. The van der Waals surface area contributed by atoms with Gasteiger partial charge in [-0.2, -0.15) is 0 Å². The standard InChI is InChI=1S/C23H10O2S3/c24-21-15-5-1-2-6-16(15)22(25)20-14(4-3-7-17(20)21)10-8-13-9-11-18-19(12-13)28-23(26)27-18/h1-7,9,11-12H. The molecule has 0 saturated heterocycles. The fourth-order valence-corrected chi connectivity index (χ4v) is 5.84. The SMILES string of the molecule is O=C1c2ccccc2C(=O)c2c(C#Cc3ccc4sc(=S)sc4c3)cccc21. The molecule has 1 heterocycles. The lowest BCUT2D eigenvalue weighted by molar-refractivity contribution is 0.0979. The molecular formula is C23H10O2S3. The van der Waals surface area contributed by atoms with E-state index in [1.165, 1.54) is 0 Å². The molecule has 132 valence electrons. The van der Waals surface area contributed by atoms with E-state index in [1.807, 2.05) is 18.2 Å². The van der Waals surface area contributed by atoms with Crippen molar-refractivity contribution in [2.45, 2.75) is 0 Å². The summed E-state index contributed by atoms with van der Waals surface area (Å²) in [7, 11) is 0. The number of carbonyl (C=O) groups excluding carboxylic acids is 2. The molecule has 28 heavy (non-hydrogen) atoms. The maximum absolute atomic E-state index is 13.0. The molecule has 0 radical (unpaired) electrons. The third-order valence-corrected chi connectivity index (χ3v) is 7.22. The van der Waals surface area contributed by atoms with E-state index in [-0.39, 0.29) is 11.6 Å². The van der Waals surface area contributed by atoms with Gasteiger partial charge in [-0.1, -0.05) is 60.5 Å². The summed E-state index contributed by atoms with van der Waals surface area (Å²) in [5.41, 5.74) is 3.13. The van der Waals surface area contributed by atoms with Gasteiger partial charge in [0.2, 0.25) is 0 Å². The Morgan fingerprint density at radius 3 is 2.25 bits per heavy atom. The number of hydrogen-bond acceptors (Lipinski definition) is 5. The first kappa shape index (κ1) is 17.2. The van der Waals surface area contributed by atoms with Crippen LogP contribution < -0.4 is 0 Å². The van der Waals surface area contributed by atoms with Crippen molar-refractivity contribution < 1.29 is 9.59 Å². The van der Waals surface area contributed by atoms with Gasteiger partial charge in [-0.25, -0.2) is 0 Å². The first-order chi connectivity index (χ1) is 13.6. The summed E-state index contributed by atoms with van der Waals surface area (Å²) in [6.07, 6.45) is 0. The minimum atomic E-state index is -0.152. The Balaban J connectivity index is 1.63. The maximum Gasteiger partial charge on any atom is 0.195 e. The van der Waals surface area contributed by atoms with Crippen LogP contribution in [0.5, 0.6) is 0 Å². The van der Waals surface area contributed by atoms with Crippen LogP contribution in [0.25, 0.3) is 9.40 Å². The Labute approximate surface area is 174 Å². The molecular weight excluding hydrogens is 404 g/mol. The van der Waals surface area contributed by atoms with Crippen molar-refractivity contribution in [3.8, 4) is 11.8 Å². The Morgan fingerprint density at radius 1 is 0.714 bits per heavy atom. The lowest BCUT2D eigenvalue weighted by Crippen LogP contribution is -2.21. The van der Waals surface area contributed by atoms with E-state index in [2.05, 4.69) is 11.8 Å². The number of hydrogen-bond donors (Lipinski definition) is 0. The average Bonchev–Trinajstić information content (AvgIpc) is 3.09. The minimum absolute atomic E-state index is 0.131. The van der Waals surface area contributed by atoms with E-state index < -0.39 is 0 Å². The molecule has 1 aliphatic carbocycles. The molecule has 0 bridgehead atoms. The van der Waals surface area contributed by atoms with E-state index in [0.717, 1.165) is 18.1 Å². The van der Waals surface area contributed by atoms with E-state index in [4.69, 9.17) is 12.2 Å². The molecule has 0 atom stereocenters. The molecule has 1 aliphatic rings. The molecule has 0 fully saturated rings. The van der Waals surface area contributed by atoms with Gasteiger partial charge in [-0.15, -0.1) is 22.7 Å². The normalized spacial score (nSPS) is 12.3. The Bertz CT molecular complexity index is 1430. The molecule has 4 aromatic rings. The van der Waals surface area contributed by atoms with E-state index in [9.17, 15) is 9.59 Å². The lowest BCUT2D eigenvalue weighted by Gasteiger charge is -2.18. The van der Waals surface area contributed by atoms with E-state index in [0.29, 0.717) is 27.8 Å². The second kappa shape index (κ2) is 6.61. The minimum Gasteiger partial charge on any atom is -0.289 e. The summed E-state index contributed by atoms with van der Waals surface area (Å²) in [6.45, 7) is 0. The van der Waals surface area contributed by atoms with Crippen LogP contribution in [0.1, 0.15) is 43.0 Å². The van der Waals surface area contributed by atoms with E-state index >= 15 is 0 Å². The highest BCUT2D eigenvalue weighted by Crippen LogP contribution is 2.30. The van der Waals surface area contributed by atoms with Gasteiger partial charge in [-0.3, -0.25) is 9.59 Å². The second-order valence-electron chi connectivity index (χ2n) is 6.30. The molecule has 0 N–H and O–H groups in total. The number of carbonyl (C=O) groups is 2. The first-order valence-electron chi connectivity index (χ1n) is 8.49. The number of fused-ring (bicyclic) bond motifs is 3. The van der Waals surface area contributed by atoms with E-state index in [1.54, 1.807) is 65.1 Å². The van der Waals surface area contributed by atoms with Crippen molar-refractivity contribution in [1.29, 1.82) is 0 Å². The monoisotopic (exact) mass is 414 g/mol. The zero-order valence-electron chi connectivity index (χ0n) is 14.3. The molecule has 0 amide bonds. The van der Waals surface area contributed by atoms with Gasteiger partial charge in [0.25, 0.3) is 0 Å². The first-order valence-corrected chi connectivity index (χ1v) is 10.5. The highest BCUT2D eigenvalue weighted by Gasteiger charge is 2.30. The topological polar surface area (TPSA) is 34.1 Å². The Kier molecular flexibility index (Phi) is 4.06. The summed E-state index contributed by atoms with van der Waals surface area (Å²) in [4.78, 5) is 25.9. The predicted molar refractivity (Wildman–Crippen MR) is 116 cm³/mol. The van der Waals surface area contributed by atoms with Crippen molar-refractivity contribution >= 4 is 55.9 Å². The number of benzene rings is 3. The van der Waals surface area contributed by atoms with Crippen LogP contribution in [0.2, 0.25) is 0 Å². The molecule has 5 heteroatoms. The van der Waals surface area contributed by atoms with Gasteiger partial charge < -0.3 is 0 Å². The van der Waals surface area contributed by atoms with Crippen molar-refractivity contribution in [1.82, 2.24) is 0 Å². The van der Waals surface area contributed by atoms with Crippen LogP contribution in [0.3, 0.4) is 0 Å². The van der Waals surface area contributed by atoms with Crippen LogP contribution in [0, 0.1) is 15.0 Å². The highest BCUT2D eigenvalue weighted by atomic mass is 32.2. The molecule has 0 spiro atoms. The fraction of sp³-hybridized carbons (Fsp3) is 0. The molecule has 2 nitrogen and oxygen atoms in total. The largest absolute Gasteiger partial charge is 0.289 e. The fourth-order valence-electron chi connectivity index (χ4n) is 3.34. The molecule has 0 unspecified atom stereocenters. The number of rotatable bonds is 0. The summed E-state index contributed by atoms with van der Waals surface area (Å²) >= 11 is 8.41. The van der Waals surface area contributed by atoms with Crippen molar-refractivity contribution in [2.75, 3.05) is 0 Å². The lowest BCUT2D eigenvalue weighted by atomic mass is 9.82. The maximum atomic E-state index is 13.0. The summed E-state index contributed by atoms with van der Waals surface area (Å²) in [5, 5.41) is 0. The van der Waals surface area contributed by atoms with Crippen molar-refractivity contribution in [3.05, 3.63) is 97.2 Å². The van der Waals surface area contributed by atoms with Gasteiger partial charge in [0.15, 0.2) is 11.6 Å². The molecule has 0 aliphatic heterocycles. The quantitative estimate of drug-likeness (QED) is 0.235. The molecule has 5 rings (SSSR count). The predicted octanol–water partition coefficient (Wildman–Crippen LogP) is 5.87. The van der Waals surface area contributed by atoms with Crippen LogP contribution in [-0.4, -0.2) is 11.6 Å². The third-order valence-electron chi connectivity index (χ3n) is 4.62. The Morgan fingerprint density at radius 2 is 1.43 bits per heavy atom. The summed E-state index contributed by atoms with van der Waals surface area (Å²) in [5.74, 6) is 5.95. The van der Waals surface area contributed by atoms with Crippen LogP contribution in [-0.2, 0) is 0 Å². The van der Waals surface area contributed by atoms with Crippen molar-refractivity contribution in [2.24, 2.45) is 0 Å². The van der Waals surface area contributed by atoms with Crippen LogP contribution in [0.15, 0.2) is 60.7 Å². The zero-order chi connectivity index (χ0) is 19.3. The molecule has 0 saturated carbocycles. The molecule has 3 aromatic carbocycles. The van der Waals surface area contributed by atoms with Crippen LogP contribution in [0.4, 0.5) is 0 Å². The van der Waals surface area contributed by atoms with Gasteiger partial charge in [0.1, 0.15) is 3.14 Å².